The van der Waals surface area contributed by atoms with Gasteiger partial charge in [0.15, 0.2) is 23.1 Å². The molecule has 2 rings (SSSR count). The molecular weight excluding hydrogens is 224 g/mol. The molecule has 4 N–H and O–H groups in total. The van der Waals surface area contributed by atoms with E-state index >= 15 is 0 Å². The van der Waals surface area contributed by atoms with Gasteiger partial charge in [-0.2, -0.15) is 9.97 Å². The van der Waals surface area contributed by atoms with Gasteiger partial charge in [0.05, 0.1) is 0 Å². The summed E-state index contributed by atoms with van der Waals surface area (Å²) in [5.41, 5.74) is 11.4. The summed E-state index contributed by atoms with van der Waals surface area (Å²) in [6.45, 7) is 2.59. The molecule has 2 heterocycles. The Morgan fingerprint density at radius 2 is 1.76 bits per heavy atom. The predicted molar refractivity (Wildman–Crippen MR) is 60.5 cm³/mol. The van der Waals surface area contributed by atoms with Crippen molar-refractivity contribution in [3.8, 4) is 0 Å². The Bertz CT molecular complexity index is 644. The van der Waals surface area contributed by atoms with E-state index in [-0.39, 0.29) is 34.5 Å². The van der Waals surface area contributed by atoms with Crippen molar-refractivity contribution in [2.24, 2.45) is 0 Å². The Labute approximate surface area is 95.7 Å². The van der Waals surface area contributed by atoms with E-state index in [1.54, 1.807) is 0 Å². The molecule has 8 heteroatoms. The molecule has 0 saturated heterocycles. The number of anilines is 2. The van der Waals surface area contributed by atoms with Crippen LogP contribution in [0.2, 0.25) is 0 Å². The van der Waals surface area contributed by atoms with E-state index in [9.17, 15) is 9.59 Å². The number of hydrogen-bond donors (Lipinski definition) is 2. The van der Waals surface area contributed by atoms with Crippen molar-refractivity contribution in [2.45, 2.75) is 13.8 Å². The number of nitrogens with two attached hydrogens (primary N) is 2. The highest BCUT2D eigenvalue weighted by Crippen LogP contribution is 2.20. The van der Waals surface area contributed by atoms with Crippen LogP contribution in [-0.2, 0) is 0 Å². The molecule has 8 nitrogen and oxygen atoms in total. The third-order valence-corrected chi connectivity index (χ3v) is 2.19. The first-order chi connectivity index (χ1) is 7.91. The maximum absolute atomic E-state index is 11.5. The number of carbonyl (C=O) groups excluding carboxylic acids is 2. The Morgan fingerprint density at radius 1 is 1.12 bits per heavy atom. The molecule has 0 aromatic carbocycles. The van der Waals surface area contributed by atoms with Crippen LogP contribution in [0.25, 0.3) is 11.2 Å². The van der Waals surface area contributed by atoms with Crippen LogP contribution in [0.4, 0.5) is 11.8 Å². The second-order valence-electron chi connectivity index (χ2n) is 3.49. The minimum absolute atomic E-state index is 0.0164. The average Bonchev–Trinajstić information content (AvgIpc) is 2.56. The Balaban J connectivity index is 2.95. The van der Waals surface area contributed by atoms with Crippen LogP contribution in [0.15, 0.2) is 0 Å². The molecule has 0 aliphatic heterocycles. The van der Waals surface area contributed by atoms with E-state index in [0.717, 1.165) is 4.57 Å². The summed E-state index contributed by atoms with van der Waals surface area (Å²) < 4.78 is 1.09. The third kappa shape index (κ3) is 1.59. The number of rotatable bonds is 1. The fraction of sp³-hybridized carbons (Fsp3) is 0.222. The van der Waals surface area contributed by atoms with Crippen LogP contribution >= 0.6 is 0 Å². The molecule has 0 atom stereocenters. The smallest absolute Gasteiger partial charge is 0.229 e. The van der Waals surface area contributed by atoms with Crippen LogP contribution in [-0.4, -0.2) is 31.2 Å². The number of Topliss-reactive ketones (excluding diaryl/α,β-unsaturated/α-hetero) is 1. The zero-order valence-corrected chi connectivity index (χ0v) is 9.26. The van der Waals surface area contributed by atoms with Gasteiger partial charge >= 0.3 is 0 Å². The predicted octanol–water partition coefficient (Wildman–Crippen LogP) is -0.147. The summed E-state index contributed by atoms with van der Waals surface area (Å²) in [5.74, 6) is -0.825. The molecule has 0 aliphatic rings. The van der Waals surface area contributed by atoms with E-state index in [4.69, 9.17) is 11.5 Å². The number of fused-ring (bicyclic) bond motifs is 1. The van der Waals surface area contributed by atoms with E-state index in [0.29, 0.717) is 0 Å². The number of aromatic nitrogens is 4. The van der Waals surface area contributed by atoms with Crippen molar-refractivity contribution in [1.29, 1.82) is 0 Å². The monoisotopic (exact) mass is 234 g/mol. The molecule has 2 aromatic rings. The number of nitrogen functional groups attached to an aromatic ring is 2. The van der Waals surface area contributed by atoms with Gasteiger partial charge in [0.25, 0.3) is 0 Å². The van der Waals surface area contributed by atoms with Crippen LogP contribution < -0.4 is 11.5 Å². The van der Waals surface area contributed by atoms with E-state index in [2.05, 4.69) is 15.0 Å². The highest BCUT2D eigenvalue weighted by molar-refractivity contribution is 6.02. The van der Waals surface area contributed by atoms with Crippen LogP contribution in [0.5, 0.6) is 0 Å². The van der Waals surface area contributed by atoms with Gasteiger partial charge < -0.3 is 11.5 Å². The lowest BCUT2D eigenvalue weighted by molar-refractivity contribution is 0.0910. The lowest BCUT2D eigenvalue weighted by atomic mass is 10.4. The highest BCUT2D eigenvalue weighted by Gasteiger charge is 2.21. The number of ketones is 1. The van der Waals surface area contributed by atoms with Gasteiger partial charge in [0, 0.05) is 13.8 Å². The van der Waals surface area contributed by atoms with Gasteiger partial charge in [0.2, 0.25) is 11.9 Å². The largest absolute Gasteiger partial charge is 0.382 e. The van der Waals surface area contributed by atoms with Gasteiger partial charge in [-0.25, -0.2) is 4.98 Å². The summed E-state index contributed by atoms with van der Waals surface area (Å²) in [7, 11) is 0. The van der Waals surface area contributed by atoms with E-state index in [1.165, 1.54) is 13.8 Å². The van der Waals surface area contributed by atoms with Gasteiger partial charge in [0.1, 0.15) is 5.52 Å². The van der Waals surface area contributed by atoms with Crippen molar-refractivity contribution < 1.29 is 9.59 Å². The summed E-state index contributed by atoms with van der Waals surface area (Å²) in [4.78, 5) is 34.4. The lowest BCUT2D eigenvalue weighted by Gasteiger charge is -2.02. The maximum atomic E-state index is 11.5. The molecule has 0 fully saturated rings. The molecule has 88 valence electrons. The zero-order chi connectivity index (χ0) is 12.7. The van der Waals surface area contributed by atoms with Crippen LogP contribution in [0, 0.1) is 0 Å². The quantitative estimate of drug-likeness (QED) is 0.656. The Morgan fingerprint density at radius 3 is 2.29 bits per heavy atom. The normalized spacial score (nSPS) is 10.7. The van der Waals surface area contributed by atoms with Crippen molar-refractivity contribution in [1.82, 2.24) is 19.5 Å². The summed E-state index contributed by atoms with van der Waals surface area (Å²) in [6.07, 6.45) is 0. The minimum atomic E-state index is -0.391. The van der Waals surface area contributed by atoms with Gasteiger partial charge in [-0.05, 0) is 0 Å². The second kappa shape index (κ2) is 3.51. The molecule has 0 saturated carbocycles. The second-order valence-corrected chi connectivity index (χ2v) is 3.49. The molecule has 0 spiro atoms. The molecular formula is C9H10N6O2. The molecule has 0 bridgehead atoms. The topological polar surface area (TPSA) is 130 Å². The number of nitrogens with zero attached hydrogens (tertiary/aromatic N) is 4. The van der Waals surface area contributed by atoms with Crippen molar-refractivity contribution in [3.63, 3.8) is 0 Å². The third-order valence-electron chi connectivity index (χ3n) is 2.19. The van der Waals surface area contributed by atoms with Gasteiger partial charge in [-0.1, -0.05) is 0 Å². The summed E-state index contributed by atoms with van der Waals surface area (Å²) in [5, 5.41) is 0. The molecule has 0 aliphatic carbocycles. The van der Waals surface area contributed by atoms with Gasteiger partial charge in [-0.3, -0.25) is 14.2 Å². The van der Waals surface area contributed by atoms with Crippen molar-refractivity contribution in [2.75, 3.05) is 11.5 Å². The first-order valence-electron chi connectivity index (χ1n) is 4.75. The first kappa shape index (κ1) is 11.0. The summed E-state index contributed by atoms with van der Waals surface area (Å²) in [6, 6.07) is 0. The highest BCUT2D eigenvalue weighted by atomic mass is 16.2. The Hall–Kier alpha value is -2.51. The minimum Gasteiger partial charge on any atom is -0.382 e. The summed E-state index contributed by atoms with van der Waals surface area (Å²) >= 11 is 0. The number of carbonyl (C=O) groups is 2. The maximum Gasteiger partial charge on any atom is 0.229 e. The molecule has 2 aromatic heterocycles. The van der Waals surface area contributed by atoms with Crippen LogP contribution in [0.1, 0.15) is 29.3 Å². The lowest BCUT2D eigenvalue weighted by Crippen LogP contribution is -2.14. The fourth-order valence-corrected chi connectivity index (χ4v) is 1.57. The van der Waals surface area contributed by atoms with Crippen molar-refractivity contribution in [3.05, 3.63) is 5.82 Å². The Kier molecular flexibility index (Phi) is 2.27. The standard InChI is InChI=1S/C9H10N6O2/c1-3(16)8-13-7-5(15(8)4(2)17)6(10)12-9(11)14-7/h1-2H3,(H4,10,11,12,14). The zero-order valence-electron chi connectivity index (χ0n) is 9.26. The molecule has 0 unspecified atom stereocenters. The first-order valence-corrected chi connectivity index (χ1v) is 4.75. The number of imidazole rings is 1. The van der Waals surface area contributed by atoms with Gasteiger partial charge in [-0.15, -0.1) is 0 Å². The SMILES string of the molecule is CC(=O)c1nc2nc(N)nc(N)c2n1C(C)=O. The number of hydrogen-bond acceptors (Lipinski definition) is 7. The van der Waals surface area contributed by atoms with Crippen LogP contribution in [0.3, 0.4) is 0 Å². The average molecular weight is 234 g/mol. The van der Waals surface area contributed by atoms with E-state index < -0.39 is 5.91 Å². The molecule has 0 radical (unpaired) electrons. The van der Waals surface area contributed by atoms with Crippen molar-refractivity contribution >= 4 is 34.6 Å². The molecule has 0 amide bonds. The fourth-order valence-electron chi connectivity index (χ4n) is 1.57. The molecule has 17 heavy (non-hydrogen) atoms. The van der Waals surface area contributed by atoms with E-state index in [1.807, 2.05) is 0 Å².